The Labute approximate surface area is 162 Å². The molecule has 3 N–H and O–H groups in total. The van der Waals surface area contributed by atoms with E-state index in [1.54, 1.807) is 0 Å². The first-order valence-corrected chi connectivity index (χ1v) is 10.6. The molecule has 148 valence electrons. The van der Waals surface area contributed by atoms with Crippen LogP contribution >= 0.6 is 0 Å². The van der Waals surface area contributed by atoms with Crippen LogP contribution in [0.15, 0.2) is 24.3 Å². The Morgan fingerprint density at radius 2 is 1.63 bits per heavy atom. The highest BCUT2D eigenvalue weighted by molar-refractivity contribution is 5.93. The van der Waals surface area contributed by atoms with Gasteiger partial charge in [0.1, 0.15) is 0 Å². The van der Waals surface area contributed by atoms with Gasteiger partial charge < -0.3 is 16.0 Å². The highest BCUT2D eigenvalue weighted by Gasteiger charge is 2.26. The first kappa shape index (κ1) is 19.9. The molecule has 0 radical (unpaired) electrons. The van der Waals surface area contributed by atoms with E-state index in [-0.39, 0.29) is 23.7 Å². The number of nitrogens with two attached hydrogens (primary N) is 1. The predicted octanol–water partition coefficient (Wildman–Crippen LogP) is 3.68. The van der Waals surface area contributed by atoms with Crippen molar-refractivity contribution in [1.82, 2.24) is 4.90 Å². The van der Waals surface area contributed by atoms with E-state index in [2.05, 4.69) is 5.32 Å². The van der Waals surface area contributed by atoms with Crippen molar-refractivity contribution in [2.75, 3.05) is 18.4 Å². The molecule has 0 saturated heterocycles. The van der Waals surface area contributed by atoms with Gasteiger partial charge in [-0.25, -0.2) is 0 Å². The maximum absolute atomic E-state index is 13.0. The SMILES string of the molecule is NCCCN(Cc1ccc(NC(=O)C2CCC2)cc1)C(=O)C1CCCCC1. The summed E-state index contributed by atoms with van der Waals surface area (Å²) in [4.78, 5) is 27.0. The number of hydrogen-bond donors (Lipinski definition) is 2. The van der Waals surface area contributed by atoms with Crippen LogP contribution in [0.2, 0.25) is 0 Å². The van der Waals surface area contributed by atoms with E-state index in [4.69, 9.17) is 5.73 Å². The van der Waals surface area contributed by atoms with E-state index in [1.165, 1.54) is 6.42 Å². The average molecular weight is 372 g/mol. The van der Waals surface area contributed by atoms with Crippen LogP contribution in [0.25, 0.3) is 0 Å². The fourth-order valence-corrected chi connectivity index (χ4v) is 3.99. The third-order valence-corrected chi connectivity index (χ3v) is 5.97. The molecule has 27 heavy (non-hydrogen) atoms. The summed E-state index contributed by atoms with van der Waals surface area (Å²) in [6.07, 6.45) is 9.60. The zero-order chi connectivity index (χ0) is 19.1. The van der Waals surface area contributed by atoms with Crippen molar-refractivity contribution in [3.8, 4) is 0 Å². The number of benzene rings is 1. The first-order chi connectivity index (χ1) is 13.2. The molecule has 2 fully saturated rings. The molecule has 2 aliphatic rings. The molecule has 5 nitrogen and oxygen atoms in total. The van der Waals surface area contributed by atoms with Gasteiger partial charge in [0, 0.05) is 30.6 Å². The maximum Gasteiger partial charge on any atom is 0.227 e. The number of anilines is 1. The van der Waals surface area contributed by atoms with Gasteiger partial charge in [-0.3, -0.25) is 9.59 Å². The molecule has 0 atom stereocenters. The molecule has 0 heterocycles. The van der Waals surface area contributed by atoms with E-state index in [1.807, 2.05) is 29.2 Å². The fraction of sp³-hybridized carbons (Fsp3) is 0.636. The highest BCUT2D eigenvalue weighted by atomic mass is 16.2. The number of amides is 2. The minimum atomic E-state index is 0.131. The van der Waals surface area contributed by atoms with E-state index >= 15 is 0 Å². The average Bonchev–Trinajstić information content (AvgIpc) is 2.65. The van der Waals surface area contributed by atoms with E-state index < -0.39 is 0 Å². The number of hydrogen-bond acceptors (Lipinski definition) is 3. The summed E-state index contributed by atoms with van der Waals surface area (Å²) in [6, 6.07) is 7.91. The Morgan fingerprint density at radius 1 is 0.963 bits per heavy atom. The van der Waals surface area contributed by atoms with Crippen molar-refractivity contribution in [1.29, 1.82) is 0 Å². The Balaban J connectivity index is 1.58. The summed E-state index contributed by atoms with van der Waals surface area (Å²) in [5.41, 5.74) is 7.61. The van der Waals surface area contributed by atoms with Crippen LogP contribution in [0.1, 0.15) is 63.4 Å². The summed E-state index contributed by atoms with van der Waals surface area (Å²) in [5, 5.41) is 3.00. The second-order valence-electron chi connectivity index (χ2n) is 8.05. The lowest BCUT2D eigenvalue weighted by atomic mass is 9.85. The molecule has 2 aliphatic carbocycles. The van der Waals surface area contributed by atoms with E-state index in [0.29, 0.717) is 19.6 Å². The van der Waals surface area contributed by atoms with Crippen molar-refractivity contribution in [2.24, 2.45) is 17.6 Å². The predicted molar refractivity (Wildman–Crippen MR) is 108 cm³/mol. The number of nitrogens with one attached hydrogen (secondary N) is 1. The fourth-order valence-electron chi connectivity index (χ4n) is 3.99. The minimum Gasteiger partial charge on any atom is -0.338 e. The molecule has 0 spiro atoms. The molecule has 2 saturated carbocycles. The number of carbonyl (C=O) groups is 2. The molecule has 0 aromatic heterocycles. The monoisotopic (exact) mass is 371 g/mol. The van der Waals surface area contributed by atoms with Gasteiger partial charge in [-0.15, -0.1) is 0 Å². The van der Waals surface area contributed by atoms with Gasteiger partial charge in [-0.2, -0.15) is 0 Å². The molecule has 0 unspecified atom stereocenters. The lowest BCUT2D eigenvalue weighted by molar-refractivity contribution is -0.137. The molecule has 3 rings (SSSR count). The van der Waals surface area contributed by atoms with Gasteiger partial charge in [0.25, 0.3) is 0 Å². The standard InChI is InChI=1S/C22H33N3O2/c23-14-5-15-25(22(27)19-6-2-1-3-7-19)16-17-10-12-20(13-11-17)24-21(26)18-8-4-9-18/h10-13,18-19H,1-9,14-16,23H2,(H,24,26). The van der Waals surface area contributed by atoms with Crippen LogP contribution < -0.4 is 11.1 Å². The first-order valence-electron chi connectivity index (χ1n) is 10.6. The minimum absolute atomic E-state index is 0.131. The Kier molecular flexibility index (Phi) is 7.27. The summed E-state index contributed by atoms with van der Waals surface area (Å²) >= 11 is 0. The maximum atomic E-state index is 13.0. The zero-order valence-corrected chi connectivity index (χ0v) is 16.3. The Bertz CT molecular complexity index is 619. The van der Waals surface area contributed by atoms with Crippen LogP contribution in [-0.4, -0.2) is 29.8 Å². The van der Waals surface area contributed by atoms with Gasteiger partial charge in [0.15, 0.2) is 0 Å². The number of rotatable bonds is 8. The third kappa shape index (κ3) is 5.55. The summed E-state index contributed by atoms with van der Waals surface area (Å²) < 4.78 is 0. The Morgan fingerprint density at radius 3 is 2.22 bits per heavy atom. The van der Waals surface area contributed by atoms with Crippen molar-refractivity contribution >= 4 is 17.5 Å². The zero-order valence-electron chi connectivity index (χ0n) is 16.3. The van der Waals surface area contributed by atoms with Crippen molar-refractivity contribution in [2.45, 2.75) is 64.3 Å². The molecule has 0 aliphatic heterocycles. The molecule has 5 heteroatoms. The topological polar surface area (TPSA) is 75.4 Å². The molecule has 0 bridgehead atoms. The van der Waals surface area contributed by atoms with Gasteiger partial charge in [-0.1, -0.05) is 37.8 Å². The lowest BCUT2D eigenvalue weighted by Gasteiger charge is -2.29. The molecule has 1 aromatic rings. The second-order valence-corrected chi connectivity index (χ2v) is 8.05. The van der Waals surface area contributed by atoms with Crippen molar-refractivity contribution in [3.63, 3.8) is 0 Å². The molecule has 1 aromatic carbocycles. The largest absolute Gasteiger partial charge is 0.338 e. The van der Waals surface area contributed by atoms with Crippen molar-refractivity contribution in [3.05, 3.63) is 29.8 Å². The number of nitrogens with zero attached hydrogens (tertiary/aromatic N) is 1. The van der Waals surface area contributed by atoms with Gasteiger partial charge >= 0.3 is 0 Å². The highest BCUT2D eigenvalue weighted by Crippen LogP contribution is 2.28. The van der Waals surface area contributed by atoms with Crippen LogP contribution in [0.4, 0.5) is 5.69 Å². The number of carbonyl (C=O) groups excluding carboxylic acids is 2. The summed E-state index contributed by atoms with van der Waals surface area (Å²) in [6.45, 7) is 1.93. The quantitative estimate of drug-likeness (QED) is 0.732. The second kappa shape index (κ2) is 9.88. The van der Waals surface area contributed by atoms with E-state index in [0.717, 1.165) is 62.6 Å². The smallest absolute Gasteiger partial charge is 0.227 e. The Hall–Kier alpha value is -1.88. The van der Waals surface area contributed by atoms with Crippen LogP contribution in [0.5, 0.6) is 0 Å². The van der Waals surface area contributed by atoms with Gasteiger partial charge in [-0.05, 0) is 56.3 Å². The van der Waals surface area contributed by atoms with Crippen LogP contribution in [0.3, 0.4) is 0 Å². The van der Waals surface area contributed by atoms with Gasteiger partial charge in [0.05, 0.1) is 0 Å². The molecular formula is C22H33N3O2. The van der Waals surface area contributed by atoms with Crippen LogP contribution in [-0.2, 0) is 16.1 Å². The molecular weight excluding hydrogens is 338 g/mol. The summed E-state index contributed by atoms with van der Waals surface area (Å²) in [5.74, 6) is 0.777. The van der Waals surface area contributed by atoms with E-state index in [9.17, 15) is 9.59 Å². The third-order valence-electron chi connectivity index (χ3n) is 5.97. The summed E-state index contributed by atoms with van der Waals surface area (Å²) in [7, 11) is 0. The normalized spacial score (nSPS) is 18.0. The van der Waals surface area contributed by atoms with Crippen molar-refractivity contribution < 1.29 is 9.59 Å². The van der Waals surface area contributed by atoms with Crippen LogP contribution in [0, 0.1) is 11.8 Å². The lowest BCUT2D eigenvalue weighted by Crippen LogP contribution is -2.37. The van der Waals surface area contributed by atoms with Gasteiger partial charge in [0.2, 0.25) is 11.8 Å². The molecule has 2 amide bonds.